The molecule has 35 heavy (non-hydrogen) atoms. The van der Waals surface area contributed by atoms with Gasteiger partial charge < -0.3 is 20.5 Å². The van der Waals surface area contributed by atoms with Crippen LogP contribution in [0.2, 0.25) is 0 Å². The quantitative estimate of drug-likeness (QED) is 0.453. The summed E-state index contributed by atoms with van der Waals surface area (Å²) in [7, 11) is 0. The maximum Gasteiger partial charge on any atom is 0.407 e. The van der Waals surface area contributed by atoms with Crippen LogP contribution in [0.15, 0.2) is 66.7 Å². The largest absolute Gasteiger partial charge is 0.478 e. The third-order valence-electron chi connectivity index (χ3n) is 5.59. The molecule has 0 bridgehead atoms. The number of carboxylic acids is 1. The highest BCUT2D eigenvalue weighted by atomic mass is 19.3. The van der Waals surface area contributed by atoms with Crippen LogP contribution in [0.3, 0.4) is 0 Å². The van der Waals surface area contributed by atoms with E-state index in [-0.39, 0.29) is 12.5 Å². The molecule has 0 unspecified atom stereocenters. The number of ether oxygens (including phenoxy) is 1. The van der Waals surface area contributed by atoms with Crippen LogP contribution in [0.5, 0.6) is 0 Å². The molecular formula is C25H19F3N2O5. The number of carboxylic acid groups (broad SMARTS) is 1. The van der Waals surface area contributed by atoms with E-state index in [9.17, 15) is 27.6 Å². The highest BCUT2D eigenvalue weighted by molar-refractivity contribution is 6.03. The molecular weight excluding hydrogens is 465 g/mol. The van der Waals surface area contributed by atoms with E-state index in [4.69, 9.17) is 9.84 Å². The Bertz CT molecular complexity index is 1270. The minimum Gasteiger partial charge on any atom is -0.478 e. The summed E-state index contributed by atoms with van der Waals surface area (Å²) in [4.78, 5) is 35.3. The third-order valence-corrected chi connectivity index (χ3v) is 5.59. The van der Waals surface area contributed by atoms with Crippen molar-refractivity contribution in [3.05, 3.63) is 89.2 Å². The molecule has 0 radical (unpaired) electrons. The van der Waals surface area contributed by atoms with Gasteiger partial charge in [0.1, 0.15) is 12.4 Å². The molecule has 0 aliphatic heterocycles. The van der Waals surface area contributed by atoms with Crippen molar-refractivity contribution in [3.63, 3.8) is 0 Å². The van der Waals surface area contributed by atoms with E-state index in [1.54, 1.807) is 5.32 Å². The Morgan fingerprint density at radius 2 is 1.54 bits per heavy atom. The SMILES string of the molecule is O=C(NCC(F)(F)C(=O)Nc1ccc(F)cc1C(=O)O)OCC1c2ccccc2-c2ccccc21. The molecule has 3 aromatic rings. The van der Waals surface area contributed by atoms with Gasteiger partial charge in [0.25, 0.3) is 5.91 Å². The van der Waals surface area contributed by atoms with Gasteiger partial charge >= 0.3 is 18.0 Å². The number of anilines is 1. The van der Waals surface area contributed by atoms with Crippen LogP contribution >= 0.6 is 0 Å². The molecule has 1 aliphatic carbocycles. The molecule has 0 aromatic heterocycles. The number of halogens is 3. The van der Waals surface area contributed by atoms with Crippen molar-refractivity contribution in [1.82, 2.24) is 5.32 Å². The zero-order valence-electron chi connectivity index (χ0n) is 18.1. The van der Waals surface area contributed by atoms with Crippen LogP contribution in [0.1, 0.15) is 27.4 Å². The number of carbonyl (C=O) groups excluding carboxylic acids is 2. The van der Waals surface area contributed by atoms with Gasteiger partial charge in [-0.15, -0.1) is 0 Å². The van der Waals surface area contributed by atoms with Gasteiger partial charge in [0.15, 0.2) is 0 Å². The maximum atomic E-state index is 14.3. The Hall–Kier alpha value is -4.34. The second-order valence-electron chi connectivity index (χ2n) is 7.83. The Morgan fingerprint density at radius 1 is 0.943 bits per heavy atom. The topological polar surface area (TPSA) is 105 Å². The number of rotatable bonds is 7. The van der Waals surface area contributed by atoms with Crippen molar-refractivity contribution in [3.8, 4) is 11.1 Å². The minimum atomic E-state index is -4.10. The van der Waals surface area contributed by atoms with Crippen LogP contribution < -0.4 is 10.6 Å². The molecule has 7 nitrogen and oxygen atoms in total. The fraction of sp³-hybridized carbons (Fsp3) is 0.160. The number of hydrogen-bond donors (Lipinski definition) is 3. The molecule has 1 aliphatic rings. The molecule has 0 fully saturated rings. The molecule has 0 atom stereocenters. The number of hydrogen-bond acceptors (Lipinski definition) is 4. The lowest BCUT2D eigenvalue weighted by atomic mass is 9.98. The highest BCUT2D eigenvalue weighted by Crippen LogP contribution is 2.44. The molecule has 3 N–H and O–H groups in total. The van der Waals surface area contributed by atoms with Gasteiger partial charge in [-0.2, -0.15) is 8.78 Å². The van der Waals surface area contributed by atoms with Crippen LogP contribution in [0.4, 0.5) is 23.7 Å². The van der Waals surface area contributed by atoms with E-state index >= 15 is 0 Å². The van der Waals surface area contributed by atoms with Crippen molar-refractivity contribution >= 4 is 23.7 Å². The van der Waals surface area contributed by atoms with E-state index in [0.29, 0.717) is 6.07 Å². The zero-order chi connectivity index (χ0) is 25.2. The summed E-state index contributed by atoms with van der Waals surface area (Å²) in [5.74, 6) is -8.77. The van der Waals surface area contributed by atoms with Crippen LogP contribution in [0.25, 0.3) is 11.1 Å². The number of alkyl halides is 2. The van der Waals surface area contributed by atoms with Crippen LogP contribution in [-0.2, 0) is 9.53 Å². The van der Waals surface area contributed by atoms with E-state index in [2.05, 4.69) is 0 Å². The Labute approximate surface area is 197 Å². The van der Waals surface area contributed by atoms with E-state index in [0.717, 1.165) is 34.4 Å². The molecule has 180 valence electrons. The van der Waals surface area contributed by atoms with E-state index in [1.807, 2.05) is 53.8 Å². The summed E-state index contributed by atoms with van der Waals surface area (Å²) in [5.41, 5.74) is 2.69. The van der Waals surface area contributed by atoms with Gasteiger partial charge in [0.2, 0.25) is 0 Å². The monoisotopic (exact) mass is 484 g/mol. The molecule has 0 heterocycles. The first-order valence-electron chi connectivity index (χ1n) is 10.5. The first-order chi connectivity index (χ1) is 16.7. The van der Waals surface area contributed by atoms with Crippen LogP contribution in [0, 0.1) is 5.82 Å². The first kappa shape index (κ1) is 23.8. The van der Waals surface area contributed by atoms with E-state index < -0.39 is 47.5 Å². The average molecular weight is 484 g/mol. The highest BCUT2D eigenvalue weighted by Gasteiger charge is 2.40. The van der Waals surface area contributed by atoms with Gasteiger partial charge in [-0.3, -0.25) is 4.79 Å². The van der Waals surface area contributed by atoms with Gasteiger partial charge in [-0.1, -0.05) is 48.5 Å². The number of fused-ring (bicyclic) bond motifs is 3. The first-order valence-corrected chi connectivity index (χ1v) is 10.5. The summed E-state index contributed by atoms with van der Waals surface area (Å²) >= 11 is 0. The van der Waals surface area contributed by atoms with Gasteiger partial charge in [-0.05, 0) is 40.5 Å². The number of carbonyl (C=O) groups is 3. The van der Waals surface area contributed by atoms with E-state index in [1.165, 1.54) is 0 Å². The standard InChI is InChI=1S/C25H19F3N2O5/c26-14-9-10-21(19(11-14)22(31)32)30-23(33)25(27,28)13-29-24(34)35-12-20-17-7-3-1-5-15(17)16-6-2-4-8-18(16)20/h1-11,20H,12-13H2,(H,29,34)(H,30,33)(H,31,32). The number of benzene rings is 3. The van der Waals surface area contributed by atoms with Crippen molar-refractivity contribution in [2.45, 2.75) is 11.8 Å². The van der Waals surface area contributed by atoms with Gasteiger partial charge in [0, 0.05) is 5.92 Å². The summed E-state index contributed by atoms with van der Waals surface area (Å²) in [6.45, 7) is -1.49. The average Bonchev–Trinajstić information content (AvgIpc) is 3.16. The molecule has 0 saturated heterocycles. The number of nitrogens with one attached hydrogen (secondary N) is 2. The van der Waals surface area contributed by atoms with Crippen molar-refractivity contribution < 1.29 is 37.4 Å². The number of alkyl carbamates (subject to hydrolysis) is 1. The molecule has 0 spiro atoms. The summed E-state index contributed by atoms with van der Waals surface area (Å²) < 4.78 is 47.0. The van der Waals surface area contributed by atoms with Gasteiger partial charge in [-0.25, -0.2) is 14.0 Å². The lowest BCUT2D eigenvalue weighted by molar-refractivity contribution is -0.138. The lowest BCUT2D eigenvalue weighted by Gasteiger charge is -2.18. The fourth-order valence-corrected chi connectivity index (χ4v) is 3.93. The second kappa shape index (κ2) is 9.49. The normalized spacial score (nSPS) is 12.4. The summed E-state index contributed by atoms with van der Waals surface area (Å²) in [6, 6.07) is 17.5. The predicted molar refractivity (Wildman–Crippen MR) is 120 cm³/mol. The summed E-state index contributed by atoms with van der Waals surface area (Å²) in [6.07, 6.45) is -1.15. The Morgan fingerprint density at radius 3 is 2.14 bits per heavy atom. The molecule has 2 amide bonds. The molecule has 3 aromatic carbocycles. The summed E-state index contributed by atoms with van der Waals surface area (Å²) in [5, 5.41) is 12.7. The van der Waals surface area contributed by atoms with Crippen molar-refractivity contribution in [2.75, 3.05) is 18.5 Å². The number of amides is 2. The maximum absolute atomic E-state index is 14.3. The Kier molecular flexibility index (Phi) is 6.46. The molecule has 4 rings (SSSR count). The smallest absolute Gasteiger partial charge is 0.407 e. The minimum absolute atomic E-state index is 0.102. The van der Waals surface area contributed by atoms with Crippen molar-refractivity contribution in [2.24, 2.45) is 0 Å². The lowest BCUT2D eigenvalue weighted by Crippen LogP contribution is -2.45. The predicted octanol–water partition coefficient (Wildman–Crippen LogP) is 4.64. The molecule has 0 saturated carbocycles. The molecule has 10 heteroatoms. The van der Waals surface area contributed by atoms with Crippen LogP contribution in [-0.4, -0.2) is 42.2 Å². The van der Waals surface area contributed by atoms with Crippen molar-refractivity contribution in [1.29, 1.82) is 0 Å². The second-order valence-corrected chi connectivity index (χ2v) is 7.83. The zero-order valence-corrected chi connectivity index (χ0v) is 18.1. The Balaban J connectivity index is 1.36. The third kappa shape index (κ3) is 4.96. The number of aromatic carboxylic acids is 1. The van der Waals surface area contributed by atoms with Gasteiger partial charge in [0.05, 0.1) is 17.8 Å². The fourth-order valence-electron chi connectivity index (χ4n) is 3.93.